The van der Waals surface area contributed by atoms with Crippen LogP contribution in [0.4, 0.5) is 10.2 Å². The van der Waals surface area contributed by atoms with Gasteiger partial charge >= 0.3 is 0 Å². The van der Waals surface area contributed by atoms with Crippen molar-refractivity contribution >= 4 is 43.3 Å². The minimum atomic E-state index is -4.30. The monoisotopic (exact) mass is 528 g/mol. The van der Waals surface area contributed by atoms with Crippen molar-refractivity contribution < 1.29 is 26.0 Å². The van der Waals surface area contributed by atoms with Crippen LogP contribution in [0.25, 0.3) is 10.8 Å². The molecule has 0 unspecified atom stereocenters. The molecular formula is C19H21FN6O5S3. The minimum absolute atomic E-state index is 0.203. The van der Waals surface area contributed by atoms with Crippen molar-refractivity contribution in [2.45, 2.75) is 26.4 Å². The highest BCUT2D eigenvalue weighted by Gasteiger charge is 2.40. The maximum absolute atomic E-state index is 13.3. The van der Waals surface area contributed by atoms with Gasteiger partial charge < -0.3 is 9.47 Å². The summed E-state index contributed by atoms with van der Waals surface area (Å²) in [4.78, 5) is 23.4. The number of aryl methyl sites for hydroxylation is 1. The van der Waals surface area contributed by atoms with E-state index in [1.807, 2.05) is 0 Å². The highest BCUT2D eigenvalue weighted by molar-refractivity contribution is 8.09. The van der Waals surface area contributed by atoms with Crippen molar-refractivity contribution in [2.75, 3.05) is 22.8 Å². The molecule has 1 aromatic carbocycles. The molecule has 15 heteroatoms. The fourth-order valence-corrected chi connectivity index (χ4v) is 7.46. The van der Waals surface area contributed by atoms with Gasteiger partial charge in [-0.2, -0.15) is 4.37 Å². The number of halogens is 1. The first-order valence-corrected chi connectivity index (χ1v) is 14.4. The number of benzene rings is 1. The summed E-state index contributed by atoms with van der Waals surface area (Å²) in [6, 6.07) is 4.28. The molecule has 1 aliphatic heterocycles. The summed E-state index contributed by atoms with van der Waals surface area (Å²) in [5, 5.41) is 0.387. The van der Waals surface area contributed by atoms with Crippen LogP contribution in [0.5, 0.6) is 0 Å². The van der Waals surface area contributed by atoms with Crippen molar-refractivity contribution in [3.8, 4) is 10.8 Å². The number of anilines is 1. The highest BCUT2D eigenvalue weighted by Crippen LogP contribution is 2.39. The molecule has 3 heterocycles. The Hall–Kier alpha value is -2.91. The molecule has 1 amide bonds. The lowest BCUT2D eigenvalue weighted by Gasteiger charge is -2.36. The first-order valence-electron chi connectivity index (χ1n) is 9.97. The Morgan fingerprint density at radius 3 is 2.24 bits per heavy atom. The second kappa shape index (κ2) is 8.39. The van der Waals surface area contributed by atoms with Gasteiger partial charge in [0.15, 0.2) is 16.6 Å². The van der Waals surface area contributed by atoms with Crippen LogP contribution in [-0.2, 0) is 26.6 Å². The average Bonchev–Trinajstić information content (AvgIpc) is 3.30. The van der Waals surface area contributed by atoms with Gasteiger partial charge in [-0.1, -0.05) is 0 Å². The van der Waals surface area contributed by atoms with Crippen LogP contribution in [0.15, 0.2) is 24.3 Å². The SMILES string of the molecule is Cc1nsc(-c2nc(N(S(C)(=O)=O)S(C)(=O)=O)c3n2CCN(C(=O)c2ccc(F)cc2)[C@@H]3C)n1. The number of fused-ring (bicyclic) bond motifs is 1. The number of hydrogen-bond donors (Lipinski definition) is 0. The molecule has 0 saturated carbocycles. The van der Waals surface area contributed by atoms with Gasteiger partial charge in [0.05, 0.1) is 24.2 Å². The third-order valence-corrected chi connectivity index (χ3v) is 9.24. The maximum atomic E-state index is 13.3. The van der Waals surface area contributed by atoms with Crippen LogP contribution in [-0.4, -0.2) is 65.6 Å². The smallest absolute Gasteiger partial charge is 0.254 e. The van der Waals surface area contributed by atoms with E-state index in [1.54, 1.807) is 18.4 Å². The lowest BCUT2D eigenvalue weighted by Crippen LogP contribution is -2.43. The molecule has 0 spiro atoms. The van der Waals surface area contributed by atoms with Gasteiger partial charge in [0.25, 0.3) is 5.91 Å². The lowest BCUT2D eigenvalue weighted by molar-refractivity contribution is 0.0645. The zero-order valence-corrected chi connectivity index (χ0v) is 21.1. The van der Waals surface area contributed by atoms with Crippen molar-refractivity contribution in [3.63, 3.8) is 0 Å². The molecule has 182 valence electrons. The second-order valence-corrected chi connectivity index (χ2v) is 12.5. The Balaban J connectivity index is 1.91. The Bertz CT molecular complexity index is 1450. The van der Waals surface area contributed by atoms with E-state index in [-0.39, 0.29) is 39.7 Å². The van der Waals surface area contributed by atoms with Crippen LogP contribution in [0.3, 0.4) is 0 Å². The summed E-state index contributed by atoms with van der Waals surface area (Å²) < 4.78 is 69.6. The fraction of sp³-hybridized carbons (Fsp3) is 0.368. The lowest BCUT2D eigenvalue weighted by atomic mass is 10.1. The van der Waals surface area contributed by atoms with Gasteiger partial charge in [0.1, 0.15) is 11.6 Å². The molecule has 11 nitrogen and oxygen atoms in total. The molecule has 0 bridgehead atoms. The van der Waals surface area contributed by atoms with Gasteiger partial charge in [0.2, 0.25) is 20.0 Å². The van der Waals surface area contributed by atoms with Crippen molar-refractivity contribution in [1.29, 1.82) is 0 Å². The summed E-state index contributed by atoms with van der Waals surface area (Å²) in [6.45, 7) is 3.76. The van der Waals surface area contributed by atoms with Gasteiger partial charge in [-0.05, 0) is 49.6 Å². The van der Waals surface area contributed by atoms with Crippen molar-refractivity contribution in [1.82, 2.24) is 23.8 Å². The standard InChI is InChI=1S/C19H21FN6O5S3/c1-11-15-16(26(33(3,28)29)34(4,30)31)22-17(18-21-12(2)23-32-18)25(15)10-9-24(11)19(27)13-5-7-14(20)8-6-13/h5-8,11H,9-10H2,1-4H3/t11-/m1/s1. The van der Waals surface area contributed by atoms with Crippen LogP contribution < -0.4 is 3.71 Å². The number of aromatic nitrogens is 4. The number of hydrogen-bond acceptors (Lipinski definition) is 9. The number of amides is 1. The topological polar surface area (TPSA) is 135 Å². The van der Waals surface area contributed by atoms with Gasteiger partial charge in [-0.25, -0.2) is 31.2 Å². The quantitative estimate of drug-likeness (QED) is 0.489. The third-order valence-electron chi connectivity index (χ3n) is 5.26. The number of carbonyl (C=O) groups is 1. The Morgan fingerprint density at radius 2 is 1.71 bits per heavy atom. The molecular weight excluding hydrogens is 507 g/mol. The second-order valence-electron chi connectivity index (χ2n) is 7.85. The molecule has 0 N–H and O–H groups in total. The number of nitrogens with zero attached hydrogens (tertiary/aromatic N) is 6. The van der Waals surface area contributed by atoms with E-state index in [2.05, 4.69) is 14.3 Å². The van der Waals surface area contributed by atoms with Crippen LogP contribution >= 0.6 is 11.5 Å². The summed E-state index contributed by atoms with van der Waals surface area (Å²) in [5.41, 5.74) is 0.464. The molecule has 0 radical (unpaired) electrons. The predicted octanol–water partition coefficient (Wildman–Crippen LogP) is 1.79. The van der Waals surface area contributed by atoms with Gasteiger partial charge in [-0.3, -0.25) is 4.79 Å². The Labute approximate surface area is 200 Å². The molecule has 1 aliphatic rings. The van der Waals surface area contributed by atoms with E-state index < -0.39 is 37.8 Å². The third kappa shape index (κ3) is 4.30. The summed E-state index contributed by atoms with van der Waals surface area (Å²) in [5.74, 6) is -0.480. The zero-order valence-electron chi connectivity index (χ0n) is 18.6. The highest BCUT2D eigenvalue weighted by atomic mass is 32.3. The number of carbonyl (C=O) groups excluding carboxylic acids is 1. The molecule has 0 fully saturated rings. The van der Waals surface area contributed by atoms with Crippen LogP contribution in [0.2, 0.25) is 0 Å². The van der Waals surface area contributed by atoms with Crippen LogP contribution in [0.1, 0.15) is 34.8 Å². The summed E-state index contributed by atoms with van der Waals surface area (Å²) >= 11 is 1.04. The Kier molecular flexibility index (Phi) is 5.98. The average molecular weight is 529 g/mol. The van der Waals surface area contributed by atoms with Crippen LogP contribution in [0, 0.1) is 12.7 Å². The summed E-state index contributed by atoms with van der Waals surface area (Å²) in [7, 11) is -8.60. The zero-order chi connectivity index (χ0) is 25.0. The summed E-state index contributed by atoms with van der Waals surface area (Å²) in [6.07, 6.45) is 1.53. The van der Waals surface area contributed by atoms with E-state index in [9.17, 15) is 26.0 Å². The van der Waals surface area contributed by atoms with E-state index in [0.29, 0.717) is 10.8 Å². The first kappa shape index (κ1) is 24.2. The molecule has 4 rings (SSSR count). The predicted molar refractivity (Wildman–Crippen MR) is 124 cm³/mol. The molecule has 0 aliphatic carbocycles. The van der Waals surface area contributed by atoms with Crippen molar-refractivity contribution in [2.24, 2.45) is 0 Å². The number of imidazole rings is 1. The van der Waals surface area contributed by atoms with E-state index >= 15 is 0 Å². The van der Waals surface area contributed by atoms with Gasteiger partial charge in [-0.15, -0.1) is 3.71 Å². The fourth-order valence-electron chi connectivity index (χ4n) is 3.92. The Morgan fingerprint density at radius 1 is 1.09 bits per heavy atom. The van der Waals surface area contributed by atoms with Crippen molar-refractivity contribution in [3.05, 3.63) is 47.2 Å². The minimum Gasteiger partial charge on any atom is -0.328 e. The molecule has 34 heavy (non-hydrogen) atoms. The first-order chi connectivity index (χ1) is 15.8. The van der Waals surface area contributed by atoms with Gasteiger partial charge in [0, 0.05) is 18.7 Å². The number of rotatable bonds is 5. The molecule has 3 aromatic rings. The molecule has 1 atom stereocenters. The normalized spacial score (nSPS) is 16.4. The molecule has 0 saturated heterocycles. The molecule has 2 aromatic heterocycles. The van der Waals surface area contributed by atoms with E-state index in [4.69, 9.17) is 0 Å². The van der Waals surface area contributed by atoms with E-state index in [0.717, 1.165) is 24.0 Å². The number of sulfonamides is 2. The maximum Gasteiger partial charge on any atom is 0.254 e. The van der Waals surface area contributed by atoms with E-state index in [1.165, 1.54) is 29.2 Å². The largest absolute Gasteiger partial charge is 0.328 e.